The molecule has 0 amide bonds. The van der Waals surface area contributed by atoms with Crippen LogP contribution in [-0.2, 0) is 31.4 Å². The fourth-order valence-corrected chi connectivity index (χ4v) is 18.7. The van der Waals surface area contributed by atoms with Crippen LogP contribution in [0.5, 0.6) is 0 Å². The van der Waals surface area contributed by atoms with Crippen molar-refractivity contribution in [1.82, 2.24) is 0 Å². The van der Waals surface area contributed by atoms with Crippen LogP contribution in [0.3, 0.4) is 0 Å². The van der Waals surface area contributed by atoms with Crippen LogP contribution in [0.2, 0.25) is 65.0 Å². The first-order chi connectivity index (χ1) is 14.1. The van der Waals surface area contributed by atoms with Gasteiger partial charge in [-0.3, -0.25) is 0 Å². The zero-order valence-electron chi connectivity index (χ0n) is 20.5. The van der Waals surface area contributed by atoms with Crippen molar-refractivity contribution in [2.45, 2.75) is 77.6 Å². The summed E-state index contributed by atoms with van der Waals surface area (Å²) in [5.41, 5.74) is 0. The summed E-state index contributed by atoms with van der Waals surface area (Å²) >= 11 is 0. The van der Waals surface area contributed by atoms with Crippen molar-refractivity contribution in [2.75, 3.05) is 13.2 Å². The molecule has 0 unspecified atom stereocenters. The molecule has 7 nitrogen and oxygen atoms in total. The minimum Gasteiger partial charge on any atom is -0.463 e. The molecule has 0 bridgehead atoms. The molecule has 0 rings (SSSR count). The number of carbonyl (C=O) groups is 2. The first-order valence-corrected chi connectivity index (χ1v) is 22.5. The van der Waals surface area contributed by atoms with Crippen LogP contribution < -0.4 is 0 Å². The highest BCUT2D eigenvalue weighted by Crippen LogP contribution is 2.27. The highest BCUT2D eigenvalue weighted by Gasteiger charge is 2.46. The quantitative estimate of drug-likeness (QED) is 0.141. The number of rotatable bonds is 13. The predicted molar refractivity (Wildman–Crippen MR) is 126 cm³/mol. The van der Waals surface area contributed by atoms with Crippen molar-refractivity contribution >= 4 is 45.7 Å². The largest absolute Gasteiger partial charge is 0.466 e. The molecule has 0 aromatic rings. The van der Waals surface area contributed by atoms with E-state index in [4.69, 9.17) is 17.1 Å². The van der Waals surface area contributed by atoms with Crippen LogP contribution in [0.4, 0.5) is 13.2 Å². The minimum absolute atomic E-state index is 0.0859. The van der Waals surface area contributed by atoms with E-state index in [-0.39, 0.29) is 6.61 Å². The molecular formula is C18H37F3O7Si4. The molecule has 14 heteroatoms. The normalized spacial score (nSPS) is 14.0. The maximum Gasteiger partial charge on any atom is 0.466 e. The summed E-state index contributed by atoms with van der Waals surface area (Å²) in [5.74, 6) is -2.10. The lowest BCUT2D eigenvalue weighted by Crippen LogP contribution is -2.59. The Bertz CT molecular complexity index is 640. The molecular weight excluding hydrogens is 498 g/mol. The molecule has 0 saturated carbocycles. The Morgan fingerprint density at radius 3 is 1.59 bits per heavy atom. The number of halogens is 3. The molecule has 0 aromatic carbocycles. The average Bonchev–Trinajstić information content (AvgIpc) is 2.49. The SMILES string of the molecule is C[Si](C)(C)O[Si](C)(O[Si](C)(C)C)O[Si](C)(C)CCCOC(=O)/C=C/C(=O)OCC(F)(F)F. The highest BCUT2D eigenvalue weighted by molar-refractivity contribution is 6.89. The molecule has 32 heavy (non-hydrogen) atoms. The van der Waals surface area contributed by atoms with Crippen molar-refractivity contribution in [2.24, 2.45) is 0 Å². The third-order valence-corrected chi connectivity index (χ3v) is 16.5. The maximum atomic E-state index is 12.0. The van der Waals surface area contributed by atoms with E-state index in [0.29, 0.717) is 18.5 Å². The Labute approximate surface area is 193 Å². The first-order valence-electron chi connectivity index (χ1n) is 10.3. The molecule has 0 atom stereocenters. The van der Waals surface area contributed by atoms with Crippen molar-refractivity contribution < 1.29 is 44.6 Å². The van der Waals surface area contributed by atoms with Gasteiger partial charge in [0.2, 0.25) is 0 Å². The standard InChI is InChI=1S/C18H37F3O7Si4/c1-29(2,3)26-32(9,27-30(4,5)6)28-31(7,8)14-10-13-24-16(22)11-12-17(23)25-15-18(19,20)21/h11-12H,10,13-15H2,1-9H3/b12-11+. The molecule has 188 valence electrons. The van der Waals surface area contributed by atoms with Crippen molar-refractivity contribution in [3.63, 3.8) is 0 Å². The highest BCUT2D eigenvalue weighted by atomic mass is 28.5. The van der Waals surface area contributed by atoms with E-state index in [9.17, 15) is 22.8 Å². The third kappa shape index (κ3) is 17.7. The Kier molecular flexibility index (Phi) is 11.8. The molecule has 0 fully saturated rings. The predicted octanol–water partition coefficient (Wildman–Crippen LogP) is 5.07. The van der Waals surface area contributed by atoms with Gasteiger partial charge < -0.3 is 21.8 Å². The molecule has 0 aliphatic heterocycles. The van der Waals surface area contributed by atoms with Gasteiger partial charge in [0.1, 0.15) is 0 Å². The van der Waals surface area contributed by atoms with E-state index >= 15 is 0 Å². The molecule has 0 radical (unpaired) electrons. The monoisotopic (exact) mass is 534 g/mol. The van der Waals surface area contributed by atoms with E-state index in [0.717, 1.165) is 6.08 Å². The number of hydrogen-bond acceptors (Lipinski definition) is 7. The summed E-state index contributed by atoms with van der Waals surface area (Å²) in [7, 11) is -8.86. The number of alkyl halides is 3. The maximum absolute atomic E-state index is 12.0. The van der Waals surface area contributed by atoms with E-state index in [1.54, 1.807) is 0 Å². The third-order valence-electron chi connectivity index (χ3n) is 3.35. The lowest BCUT2D eigenvalue weighted by atomic mass is 10.5. The van der Waals surface area contributed by atoms with Crippen molar-refractivity contribution in [1.29, 1.82) is 0 Å². The Hall–Kier alpha value is -0.782. The van der Waals surface area contributed by atoms with E-state index in [1.165, 1.54) is 0 Å². The summed E-state index contributed by atoms with van der Waals surface area (Å²) < 4.78 is 64.1. The fourth-order valence-electron chi connectivity index (χ4n) is 2.78. The first kappa shape index (κ1) is 31.2. The second-order valence-electron chi connectivity index (χ2n) is 9.98. The van der Waals surface area contributed by atoms with Gasteiger partial charge in [0.25, 0.3) is 0 Å². The van der Waals surface area contributed by atoms with E-state index in [1.807, 2.05) is 6.55 Å². The molecule has 0 spiro atoms. The summed E-state index contributed by atoms with van der Waals surface area (Å²) in [6.07, 6.45) is -2.75. The number of esters is 2. The number of ether oxygens (including phenoxy) is 2. The van der Waals surface area contributed by atoms with Crippen molar-refractivity contribution in [3.05, 3.63) is 12.2 Å². The van der Waals surface area contributed by atoms with Crippen LogP contribution in [0, 0.1) is 0 Å². The van der Waals surface area contributed by atoms with Crippen LogP contribution >= 0.6 is 0 Å². The summed E-state index contributed by atoms with van der Waals surface area (Å²) in [4.78, 5) is 22.8. The van der Waals surface area contributed by atoms with Gasteiger partial charge in [-0.2, -0.15) is 13.2 Å². The topological polar surface area (TPSA) is 80.3 Å². The Balaban J connectivity index is 4.65. The van der Waals surface area contributed by atoms with Gasteiger partial charge in [-0.1, -0.05) is 0 Å². The van der Waals surface area contributed by atoms with E-state index < -0.39 is 58.5 Å². The lowest BCUT2D eigenvalue weighted by Gasteiger charge is -2.41. The Morgan fingerprint density at radius 1 is 0.750 bits per heavy atom. The fraction of sp³-hybridized carbons (Fsp3) is 0.778. The average molecular weight is 535 g/mol. The number of hydrogen-bond donors (Lipinski definition) is 0. The Morgan fingerprint density at radius 2 is 1.19 bits per heavy atom. The lowest BCUT2D eigenvalue weighted by molar-refractivity contribution is -0.182. The van der Waals surface area contributed by atoms with Crippen molar-refractivity contribution in [3.8, 4) is 0 Å². The van der Waals surface area contributed by atoms with Crippen LogP contribution in [0.25, 0.3) is 0 Å². The second kappa shape index (κ2) is 12.1. The zero-order valence-corrected chi connectivity index (χ0v) is 24.5. The smallest absolute Gasteiger partial charge is 0.463 e. The summed E-state index contributed by atoms with van der Waals surface area (Å²) in [6.45, 7) is 17.0. The molecule has 0 aliphatic rings. The van der Waals surface area contributed by atoms with Crippen LogP contribution in [0.1, 0.15) is 6.42 Å². The molecule has 0 saturated heterocycles. The van der Waals surface area contributed by atoms with Crippen LogP contribution in [-0.4, -0.2) is 65.1 Å². The van der Waals surface area contributed by atoms with Crippen LogP contribution in [0.15, 0.2) is 12.2 Å². The van der Waals surface area contributed by atoms with Gasteiger partial charge in [-0.15, -0.1) is 0 Å². The second-order valence-corrected chi connectivity index (χ2v) is 26.6. The minimum atomic E-state index is -4.62. The van der Waals surface area contributed by atoms with Gasteiger partial charge in [0.05, 0.1) is 6.61 Å². The molecule has 0 aromatic heterocycles. The zero-order chi connectivity index (χ0) is 25.4. The molecule has 0 heterocycles. The summed E-state index contributed by atoms with van der Waals surface area (Å²) in [6, 6.07) is 0.685. The van der Waals surface area contributed by atoms with Gasteiger partial charge >= 0.3 is 26.9 Å². The van der Waals surface area contributed by atoms with Gasteiger partial charge in [-0.05, 0) is 64.8 Å². The van der Waals surface area contributed by atoms with Gasteiger partial charge in [0, 0.05) is 18.7 Å². The van der Waals surface area contributed by atoms with Gasteiger partial charge in [-0.25, -0.2) is 9.59 Å². The van der Waals surface area contributed by atoms with E-state index in [2.05, 4.69) is 57.1 Å². The molecule has 0 aliphatic carbocycles. The molecule has 0 N–H and O–H groups in total. The number of carbonyl (C=O) groups excluding carboxylic acids is 2. The summed E-state index contributed by atoms with van der Waals surface area (Å²) in [5, 5.41) is 0. The van der Waals surface area contributed by atoms with Gasteiger partial charge in [0.15, 0.2) is 31.6 Å².